The molecule has 0 radical (unpaired) electrons. The van der Waals surface area contributed by atoms with Gasteiger partial charge in [-0.2, -0.15) is 10.2 Å². The number of piperidine rings is 2. The molecule has 2 saturated heterocycles. The van der Waals surface area contributed by atoms with Crippen LogP contribution in [0.1, 0.15) is 121 Å². The molecule has 0 atom stereocenters. The van der Waals surface area contributed by atoms with Crippen molar-refractivity contribution in [2.24, 2.45) is 11.8 Å². The second kappa shape index (κ2) is 28.5. The van der Waals surface area contributed by atoms with E-state index in [1.54, 1.807) is 35.7 Å². The monoisotopic (exact) mass is 1230 g/mol. The molecule has 4 aliphatic rings. The zero-order valence-corrected chi connectivity index (χ0v) is 51.4. The molecular formula is C64H78N10O11S2. The average molecular weight is 1230 g/mol. The molecule has 87 heavy (non-hydrogen) atoms. The SMILES string of the molecule is COCC1CCN(c2cc(C(=O)CS(=O)(=O)CCNC(=O)OCc3ccccc3)nc3c2c(C2CCC2)nn3-c2ccccc2)CC1.COCC1CCN(c2cc(C(=O)CS(=O)(=O)CCNC(C)=O)nc3c2c(C2CCC2)nn3-c2ccccc2)CC1. The highest BCUT2D eigenvalue weighted by Crippen LogP contribution is 2.45. The highest BCUT2D eigenvalue weighted by atomic mass is 32.2. The van der Waals surface area contributed by atoms with Crippen molar-refractivity contribution in [3.8, 4) is 11.4 Å². The van der Waals surface area contributed by atoms with Crippen molar-refractivity contribution in [3.05, 3.63) is 131 Å². The Morgan fingerprint density at radius 3 is 1.33 bits per heavy atom. The topological polar surface area (TPSA) is 256 Å². The Hall–Kier alpha value is -7.60. The molecule has 4 fully saturated rings. The van der Waals surface area contributed by atoms with Crippen molar-refractivity contribution in [1.82, 2.24) is 40.2 Å². The van der Waals surface area contributed by atoms with E-state index >= 15 is 0 Å². The van der Waals surface area contributed by atoms with Crippen molar-refractivity contribution in [3.63, 3.8) is 0 Å². The number of nitrogens with one attached hydrogen (secondary N) is 2. The minimum absolute atomic E-state index is 0.0371. The first-order chi connectivity index (χ1) is 42.1. The molecule has 0 bridgehead atoms. The Morgan fingerprint density at radius 2 is 0.954 bits per heavy atom. The fourth-order valence-corrected chi connectivity index (χ4v) is 14.0. The van der Waals surface area contributed by atoms with Crippen LogP contribution in [0.4, 0.5) is 16.2 Å². The smallest absolute Gasteiger partial charge is 0.407 e. The van der Waals surface area contributed by atoms with E-state index in [2.05, 4.69) is 20.4 Å². The molecule has 3 aromatic carbocycles. The van der Waals surface area contributed by atoms with Gasteiger partial charge in [0.15, 0.2) is 42.5 Å². The van der Waals surface area contributed by atoms with Crippen molar-refractivity contribution >= 4 is 76.7 Å². The number of carbonyl (C=O) groups is 4. The maximum Gasteiger partial charge on any atom is 0.407 e. The molecule has 4 aromatic heterocycles. The van der Waals surface area contributed by atoms with Crippen LogP contribution in [-0.2, 0) is 45.3 Å². The summed E-state index contributed by atoms with van der Waals surface area (Å²) in [5.74, 6) is -2.02. The van der Waals surface area contributed by atoms with Crippen LogP contribution in [0.15, 0.2) is 103 Å². The van der Waals surface area contributed by atoms with E-state index in [1.807, 2.05) is 91.0 Å². The lowest BCUT2D eigenvalue weighted by molar-refractivity contribution is -0.118. The summed E-state index contributed by atoms with van der Waals surface area (Å²) >= 11 is 0. The molecule has 2 saturated carbocycles. The third kappa shape index (κ3) is 15.6. The summed E-state index contributed by atoms with van der Waals surface area (Å²) in [6, 6.07) is 32.1. The Morgan fingerprint density at radius 1 is 0.552 bits per heavy atom. The molecule has 2 aliphatic carbocycles. The van der Waals surface area contributed by atoms with E-state index in [1.165, 1.54) is 6.92 Å². The van der Waals surface area contributed by atoms with E-state index in [-0.39, 0.29) is 42.7 Å². The van der Waals surface area contributed by atoms with E-state index in [9.17, 15) is 36.0 Å². The van der Waals surface area contributed by atoms with Crippen LogP contribution < -0.4 is 20.4 Å². The molecule has 21 nitrogen and oxygen atoms in total. The lowest BCUT2D eigenvalue weighted by Crippen LogP contribution is -2.35. The Kier molecular flexibility index (Phi) is 20.5. The number of aromatic nitrogens is 6. The van der Waals surface area contributed by atoms with Crippen molar-refractivity contribution < 1.29 is 50.2 Å². The van der Waals surface area contributed by atoms with E-state index in [4.69, 9.17) is 34.4 Å². The van der Waals surface area contributed by atoms with Crippen LogP contribution in [0.2, 0.25) is 0 Å². The minimum Gasteiger partial charge on any atom is -0.445 e. The van der Waals surface area contributed by atoms with Gasteiger partial charge >= 0.3 is 6.09 Å². The van der Waals surface area contributed by atoms with Gasteiger partial charge in [-0.25, -0.2) is 41.0 Å². The number of alkyl carbamates (subject to hydrolysis) is 1. The number of methoxy groups -OCH3 is 2. The summed E-state index contributed by atoms with van der Waals surface area (Å²) in [6.45, 7) is 5.78. The van der Waals surface area contributed by atoms with Crippen LogP contribution in [0.3, 0.4) is 0 Å². The quantitative estimate of drug-likeness (QED) is 0.0539. The fraction of sp³-hybridized carbons (Fsp3) is 0.469. The van der Waals surface area contributed by atoms with E-state index in [0.29, 0.717) is 41.6 Å². The number of pyridine rings is 2. The molecule has 2 aliphatic heterocycles. The summed E-state index contributed by atoms with van der Waals surface area (Å²) < 4.78 is 71.2. The predicted molar refractivity (Wildman–Crippen MR) is 334 cm³/mol. The number of rotatable bonds is 24. The van der Waals surface area contributed by atoms with Gasteiger partial charge in [0.05, 0.1) is 56.4 Å². The summed E-state index contributed by atoms with van der Waals surface area (Å²) in [5, 5.41) is 17.0. The molecule has 11 rings (SSSR count). The van der Waals surface area contributed by atoms with E-state index < -0.39 is 54.6 Å². The second-order valence-electron chi connectivity index (χ2n) is 23.2. The normalized spacial score (nSPS) is 16.2. The number of Topliss-reactive ketones (excluding diaryl/α,β-unsaturated/α-hetero) is 2. The average Bonchev–Trinajstić information content (AvgIpc) is 2.04. The Labute approximate surface area is 508 Å². The van der Waals surface area contributed by atoms with Crippen molar-refractivity contribution in [1.29, 1.82) is 0 Å². The van der Waals surface area contributed by atoms with Gasteiger partial charge in [-0.3, -0.25) is 14.4 Å². The molecule has 2 amide bonds. The molecule has 7 aromatic rings. The molecule has 6 heterocycles. The Bertz CT molecular complexity index is 3770. The standard InChI is InChI=1S/C35H41N5O6S.C29H37N5O5S/c1-45-22-26-15-18-39(19-16-26)30-21-29(31(41)24-47(43,44)20-17-36-35(42)46-23-25-9-4-2-5-10-25)37-34-32(30)33(27-11-8-12-27)38-40(34)28-13-6-3-7-14-28;1-20(35)30-13-16-40(37,38)19-26(36)24-17-25(33-14-11-21(12-15-33)18-39-2)27-28(22-7-6-8-22)32-34(29(27)31-24)23-9-4-3-5-10-23/h2-7,9-10,13-14,21,26-27H,8,11-12,15-20,22-24H2,1H3,(H,36,42);3-5,9-10,17,21-22H,6-8,11-16,18-19H2,1-2H3,(H,30,35). The number of nitrogens with zero attached hydrogens (tertiary/aromatic N) is 8. The summed E-state index contributed by atoms with van der Waals surface area (Å²) in [4.78, 5) is 64.5. The zero-order chi connectivity index (χ0) is 61.1. The van der Waals surface area contributed by atoms with Crippen LogP contribution in [0, 0.1) is 11.8 Å². The van der Waals surface area contributed by atoms with Crippen LogP contribution >= 0.6 is 0 Å². The van der Waals surface area contributed by atoms with Crippen LogP contribution in [-0.4, -0.2) is 160 Å². The minimum atomic E-state index is -3.87. The summed E-state index contributed by atoms with van der Waals surface area (Å²) in [6.07, 6.45) is 9.60. The zero-order valence-electron chi connectivity index (χ0n) is 49.8. The van der Waals surface area contributed by atoms with E-state index in [0.717, 1.165) is 147 Å². The van der Waals surface area contributed by atoms with Gasteiger partial charge in [0.1, 0.15) is 29.5 Å². The van der Waals surface area contributed by atoms with Gasteiger partial charge in [0.2, 0.25) is 5.91 Å². The van der Waals surface area contributed by atoms with Gasteiger partial charge in [0, 0.05) is 85.5 Å². The fourth-order valence-electron chi connectivity index (χ4n) is 11.8. The molecule has 0 unspecified atom stereocenters. The number of hydrogen-bond donors (Lipinski definition) is 2. The number of carbonyl (C=O) groups excluding carboxylic acids is 4. The number of ketones is 2. The molecule has 462 valence electrons. The van der Waals surface area contributed by atoms with Crippen molar-refractivity contribution in [2.75, 3.05) is 99.5 Å². The van der Waals surface area contributed by atoms with Gasteiger partial charge < -0.3 is 34.6 Å². The number of amides is 2. The summed E-state index contributed by atoms with van der Waals surface area (Å²) in [7, 11) is -4.17. The number of benzene rings is 3. The lowest BCUT2D eigenvalue weighted by Gasteiger charge is -2.34. The summed E-state index contributed by atoms with van der Waals surface area (Å²) in [5.41, 5.74) is 7.54. The number of para-hydroxylation sites is 2. The van der Waals surface area contributed by atoms with Gasteiger partial charge in [-0.15, -0.1) is 0 Å². The van der Waals surface area contributed by atoms with Crippen LogP contribution in [0.5, 0.6) is 0 Å². The number of fused-ring (bicyclic) bond motifs is 2. The number of hydrogen-bond acceptors (Lipinski definition) is 17. The maximum absolute atomic E-state index is 13.7. The highest BCUT2D eigenvalue weighted by Gasteiger charge is 2.35. The lowest BCUT2D eigenvalue weighted by atomic mass is 9.81. The first kappa shape index (κ1) is 62.5. The van der Waals surface area contributed by atoms with Crippen molar-refractivity contribution in [2.45, 2.75) is 89.6 Å². The third-order valence-corrected chi connectivity index (χ3v) is 20.0. The predicted octanol–water partition coefficient (Wildman–Crippen LogP) is 8.36. The second-order valence-corrected chi connectivity index (χ2v) is 27.6. The molecule has 2 N–H and O–H groups in total. The highest BCUT2D eigenvalue weighted by molar-refractivity contribution is 7.92. The van der Waals surface area contributed by atoms with Gasteiger partial charge in [-0.05, 0) is 105 Å². The van der Waals surface area contributed by atoms with Crippen LogP contribution in [0.25, 0.3) is 33.4 Å². The number of ether oxygens (including phenoxy) is 3. The molecule has 23 heteroatoms. The maximum atomic E-state index is 13.7. The first-order valence-electron chi connectivity index (χ1n) is 30.2. The molecule has 0 spiro atoms. The largest absolute Gasteiger partial charge is 0.445 e. The molecular weight excluding hydrogens is 1150 g/mol. The first-order valence-corrected chi connectivity index (χ1v) is 33.8. The Balaban J connectivity index is 0.000000195. The van der Waals surface area contributed by atoms with Gasteiger partial charge in [-0.1, -0.05) is 79.6 Å². The third-order valence-electron chi connectivity index (χ3n) is 16.9. The number of anilines is 2. The number of sulfone groups is 2. The van der Waals surface area contributed by atoms with Gasteiger partial charge in [0.25, 0.3) is 0 Å².